The molecule has 1 saturated heterocycles. The molecular formula is C19H22Br2N4. The second-order valence-electron chi connectivity index (χ2n) is 6.07. The fraction of sp³-hybridized carbons (Fsp3) is 0.263. The predicted molar refractivity (Wildman–Crippen MR) is 115 cm³/mol. The van der Waals surface area contributed by atoms with E-state index in [1.165, 1.54) is 11.1 Å². The first-order valence-corrected chi connectivity index (χ1v) is 8.05. The van der Waals surface area contributed by atoms with Crippen molar-refractivity contribution in [2.24, 2.45) is 0 Å². The topological polar surface area (TPSA) is 32.3 Å². The summed E-state index contributed by atoms with van der Waals surface area (Å²) >= 11 is 0. The van der Waals surface area contributed by atoms with Gasteiger partial charge in [-0.2, -0.15) is 0 Å². The van der Waals surface area contributed by atoms with Crippen LogP contribution in [0.5, 0.6) is 0 Å². The fourth-order valence-electron chi connectivity index (χ4n) is 3.14. The van der Waals surface area contributed by atoms with Crippen molar-refractivity contribution < 1.29 is 0 Å². The van der Waals surface area contributed by atoms with Crippen molar-refractivity contribution in [2.45, 2.75) is 0 Å². The molecule has 0 saturated carbocycles. The van der Waals surface area contributed by atoms with E-state index >= 15 is 0 Å². The van der Waals surface area contributed by atoms with Crippen LogP contribution in [0.25, 0.3) is 22.2 Å². The smallest absolute Gasteiger partial charge is 0.0731 e. The Hall–Kier alpha value is -1.50. The predicted octanol–water partition coefficient (Wildman–Crippen LogP) is 4.20. The van der Waals surface area contributed by atoms with Gasteiger partial charge in [0.05, 0.1) is 11.2 Å². The van der Waals surface area contributed by atoms with Crippen molar-refractivity contribution in [3.8, 4) is 11.3 Å². The number of pyridine rings is 2. The van der Waals surface area contributed by atoms with Crippen molar-refractivity contribution in [1.29, 1.82) is 0 Å². The molecular weight excluding hydrogens is 444 g/mol. The number of hydrogen-bond acceptors (Lipinski definition) is 4. The maximum absolute atomic E-state index is 4.85. The van der Waals surface area contributed by atoms with E-state index in [0.717, 1.165) is 43.0 Å². The second-order valence-corrected chi connectivity index (χ2v) is 6.07. The van der Waals surface area contributed by atoms with E-state index in [9.17, 15) is 0 Å². The van der Waals surface area contributed by atoms with Crippen molar-refractivity contribution in [3.05, 3.63) is 54.9 Å². The third-order valence-electron chi connectivity index (χ3n) is 4.51. The molecule has 0 bridgehead atoms. The number of fused-ring (bicyclic) bond motifs is 1. The summed E-state index contributed by atoms with van der Waals surface area (Å²) in [5.74, 6) is 0. The number of likely N-dealkylation sites (N-methyl/N-ethyl adjacent to an activating group) is 1. The minimum absolute atomic E-state index is 0. The van der Waals surface area contributed by atoms with E-state index in [1.54, 1.807) is 0 Å². The van der Waals surface area contributed by atoms with Gasteiger partial charge in [-0.25, -0.2) is 4.98 Å². The Morgan fingerprint density at radius 3 is 2.28 bits per heavy atom. The van der Waals surface area contributed by atoms with Gasteiger partial charge in [0.1, 0.15) is 0 Å². The van der Waals surface area contributed by atoms with Crippen molar-refractivity contribution in [1.82, 2.24) is 14.9 Å². The highest BCUT2D eigenvalue weighted by Gasteiger charge is 2.18. The third-order valence-corrected chi connectivity index (χ3v) is 4.51. The average molecular weight is 466 g/mol. The van der Waals surface area contributed by atoms with E-state index in [2.05, 4.69) is 52.2 Å². The molecule has 4 rings (SSSR count). The number of rotatable bonds is 2. The summed E-state index contributed by atoms with van der Waals surface area (Å²) in [6.45, 7) is 4.31. The van der Waals surface area contributed by atoms with Crippen LogP contribution in [0.3, 0.4) is 0 Å². The monoisotopic (exact) mass is 464 g/mol. The first-order chi connectivity index (χ1) is 11.3. The quantitative estimate of drug-likeness (QED) is 0.567. The number of hydrogen-bond donors (Lipinski definition) is 0. The lowest BCUT2D eigenvalue weighted by molar-refractivity contribution is 0.313. The Morgan fingerprint density at radius 2 is 1.56 bits per heavy atom. The zero-order chi connectivity index (χ0) is 15.6. The van der Waals surface area contributed by atoms with Gasteiger partial charge in [-0.3, -0.25) is 4.98 Å². The van der Waals surface area contributed by atoms with Crippen LogP contribution >= 0.6 is 34.0 Å². The fourth-order valence-corrected chi connectivity index (χ4v) is 3.14. The minimum Gasteiger partial charge on any atom is -0.368 e. The molecule has 3 heterocycles. The van der Waals surface area contributed by atoms with E-state index in [1.807, 2.05) is 24.5 Å². The van der Waals surface area contributed by atoms with Crippen LogP contribution in [0.15, 0.2) is 54.9 Å². The van der Waals surface area contributed by atoms with Crippen molar-refractivity contribution >= 4 is 50.6 Å². The van der Waals surface area contributed by atoms with Gasteiger partial charge in [0.15, 0.2) is 0 Å². The Balaban J connectivity index is 0.00000113. The Labute approximate surface area is 169 Å². The van der Waals surface area contributed by atoms with Gasteiger partial charge in [0.2, 0.25) is 0 Å². The molecule has 1 fully saturated rings. The lowest BCUT2D eigenvalue weighted by atomic mass is 10.1. The van der Waals surface area contributed by atoms with Gasteiger partial charge >= 0.3 is 0 Å². The van der Waals surface area contributed by atoms with Crippen LogP contribution in [0.2, 0.25) is 0 Å². The summed E-state index contributed by atoms with van der Waals surface area (Å²) in [5, 5.41) is 1.23. The molecule has 0 spiro atoms. The van der Waals surface area contributed by atoms with Crippen LogP contribution < -0.4 is 4.90 Å². The molecule has 0 aliphatic carbocycles. The molecule has 0 unspecified atom stereocenters. The van der Waals surface area contributed by atoms with Crippen molar-refractivity contribution in [3.63, 3.8) is 0 Å². The molecule has 1 aromatic carbocycles. The van der Waals surface area contributed by atoms with Crippen LogP contribution in [-0.2, 0) is 0 Å². The molecule has 0 N–H and O–H groups in total. The Bertz CT molecular complexity index is 818. The third kappa shape index (κ3) is 4.19. The number of nitrogens with zero attached hydrogens (tertiary/aromatic N) is 4. The van der Waals surface area contributed by atoms with E-state index in [4.69, 9.17) is 4.98 Å². The van der Waals surface area contributed by atoms with Crippen LogP contribution in [0.1, 0.15) is 0 Å². The van der Waals surface area contributed by atoms with Gasteiger partial charge in [0.25, 0.3) is 0 Å². The molecule has 0 atom stereocenters. The SMILES string of the molecule is Br.Br.CN1CCN(c2cc(-c3ccncc3)nc3ccccc23)CC1. The highest BCUT2D eigenvalue weighted by Crippen LogP contribution is 2.31. The average Bonchev–Trinajstić information content (AvgIpc) is 2.62. The van der Waals surface area contributed by atoms with Gasteiger partial charge in [0, 0.05) is 55.2 Å². The van der Waals surface area contributed by atoms with Gasteiger partial charge in [-0.15, -0.1) is 34.0 Å². The number of anilines is 1. The first kappa shape index (κ1) is 19.8. The molecule has 6 heteroatoms. The molecule has 1 aliphatic rings. The molecule has 132 valence electrons. The highest BCUT2D eigenvalue weighted by atomic mass is 79.9. The van der Waals surface area contributed by atoms with Gasteiger partial charge < -0.3 is 9.80 Å². The summed E-state index contributed by atoms with van der Waals surface area (Å²) in [4.78, 5) is 13.8. The Morgan fingerprint density at radius 1 is 0.880 bits per heavy atom. The zero-order valence-corrected chi connectivity index (χ0v) is 17.6. The normalized spacial score (nSPS) is 14.7. The number of halogens is 2. The summed E-state index contributed by atoms with van der Waals surface area (Å²) in [6.07, 6.45) is 3.64. The van der Waals surface area contributed by atoms with Gasteiger partial charge in [-0.05, 0) is 31.3 Å². The summed E-state index contributed by atoms with van der Waals surface area (Å²) in [6, 6.07) is 14.7. The lowest BCUT2D eigenvalue weighted by Gasteiger charge is -2.34. The molecule has 4 nitrogen and oxygen atoms in total. The molecule has 25 heavy (non-hydrogen) atoms. The largest absolute Gasteiger partial charge is 0.368 e. The maximum atomic E-state index is 4.85. The molecule has 0 amide bonds. The maximum Gasteiger partial charge on any atom is 0.0731 e. The second kappa shape index (κ2) is 8.74. The number of aromatic nitrogens is 2. The standard InChI is InChI=1S/C19H20N4.2BrH/c1-22-10-12-23(13-11-22)19-14-18(15-6-8-20-9-7-15)21-17-5-3-2-4-16(17)19;;/h2-9,14H,10-13H2,1H3;2*1H. The molecule has 0 radical (unpaired) electrons. The summed E-state index contributed by atoms with van der Waals surface area (Å²) in [5.41, 5.74) is 4.47. The number of piperazine rings is 1. The van der Waals surface area contributed by atoms with Crippen LogP contribution in [-0.4, -0.2) is 48.1 Å². The minimum atomic E-state index is 0. The summed E-state index contributed by atoms with van der Waals surface area (Å²) in [7, 11) is 2.18. The van der Waals surface area contributed by atoms with Gasteiger partial charge in [-0.1, -0.05) is 18.2 Å². The lowest BCUT2D eigenvalue weighted by Crippen LogP contribution is -2.44. The summed E-state index contributed by atoms with van der Waals surface area (Å²) < 4.78 is 0. The van der Waals surface area contributed by atoms with E-state index in [0.29, 0.717) is 0 Å². The van der Waals surface area contributed by atoms with E-state index in [-0.39, 0.29) is 34.0 Å². The highest BCUT2D eigenvalue weighted by molar-refractivity contribution is 8.93. The molecule has 2 aromatic heterocycles. The Kier molecular flexibility index (Phi) is 6.93. The van der Waals surface area contributed by atoms with Crippen LogP contribution in [0, 0.1) is 0 Å². The van der Waals surface area contributed by atoms with Crippen LogP contribution in [0.4, 0.5) is 5.69 Å². The zero-order valence-electron chi connectivity index (χ0n) is 14.1. The van der Waals surface area contributed by atoms with Crippen molar-refractivity contribution in [2.75, 3.05) is 38.1 Å². The van der Waals surface area contributed by atoms with E-state index < -0.39 is 0 Å². The molecule has 1 aliphatic heterocycles. The number of benzene rings is 1. The number of para-hydroxylation sites is 1. The first-order valence-electron chi connectivity index (χ1n) is 8.05. The molecule has 3 aromatic rings.